The number of hydrogen-bond acceptors (Lipinski definition) is 6. The van der Waals surface area contributed by atoms with Crippen molar-refractivity contribution in [3.63, 3.8) is 0 Å². The van der Waals surface area contributed by atoms with Gasteiger partial charge in [0.25, 0.3) is 5.91 Å². The van der Waals surface area contributed by atoms with Crippen molar-refractivity contribution in [3.05, 3.63) is 36.3 Å². The number of hydrogen-bond donors (Lipinski definition) is 0. The van der Waals surface area contributed by atoms with E-state index in [2.05, 4.69) is 10.2 Å². The lowest BCUT2D eigenvalue weighted by atomic mass is 9.94. The van der Waals surface area contributed by atoms with Gasteiger partial charge >= 0.3 is 0 Å². The van der Waals surface area contributed by atoms with Crippen LogP contribution in [0.15, 0.2) is 29.4 Å². The van der Waals surface area contributed by atoms with E-state index >= 15 is 0 Å². The second kappa shape index (κ2) is 6.61. The third-order valence-electron chi connectivity index (χ3n) is 4.95. The molecule has 2 fully saturated rings. The van der Waals surface area contributed by atoms with Crippen LogP contribution < -0.4 is 0 Å². The number of amides is 1. The summed E-state index contributed by atoms with van der Waals surface area (Å²) in [7, 11) is 0. The summed E-state index contributed by atoms with van der Waals surface area (Å²) in [6, 6.07) is 1.72. The minimum Gasteiger partial charge on any atom is -0.469 e. The topological polar surface area (TPSA) is 82.6 Å². The second-order valence-electron chi connectivity index (χ2n) is 6.89. The molecule has 0 saturated carbocycles. The molecular weight excluding hydrogens is 324 g/mol. The third kappa shape index (κ3) is 3.32. The Morgan fingerprint density at radius 2 is 2.24 bits per heavy atom. The molecule has 2 aromatic heterocycles. The van der Waals surface area contributed by atoms with Gasteiger partial charge in [0, 0.05) is 19.0 Å². The maximum absolute atomic E-state index is 12.8. The van der Waals surface area contributed by atoms with Gasteiger partial charge in [-0.2, -0.15) is 0 Å². The van der Waals surface area contributed by atoms with Crippen molar-refractivity contribution in [1.29, 1.82) is 0 Å². The van der Waals surface area contributed by atoms with Crippen LogP contribution in [0.3, 0.4) is 0 Å². The summed E-state index contributed by atoms with van der Waals surface area (Å²) in [4.78, 5) is 14.7. The highest BCUT2D eigenvalue weighted by atomic mass is 16.5. The smallest absolute Gasteiger partial charge is 0.257 e. The van der Waals surface area contributed by atoms with Gasteiger partial charge in [-0.1, -0.05) is 0 Å². The van der Waals surface area contributed by atoms with Crippen LogP contribution in [0.4, 0.5) is 0 Å². The number of aryl methyl sites for hydroxylation is 1. The zero-order chi connectivity index (χ0) is 17.3. The van der Waals surface area contributed by atoms with Gasteiger partial charge in [-0.05, 0) is 19.4 Å². The Morgan fingerprint density at radius 1 is 1.40 bits per heavy atom. The molecule has 0 aliphatic carbocycles. The monoisotopic (exact) mass is 346 g/mol. The van der Waals surface area contributed by atoms with Crippen LogP contribution in [-0.4, -0.2) is 64.1 Å². The van der Waals surface area contributed by atoms with Crippen molar-refractivity contribution in [2.45, 2.75) is 25.5 Å². The summed E-state index contributed by atoms with van der Waals surface area (Å²) in [5.74, 6) is 0.967. The fourth-order valence-electron chi connectivity index (χ4n) is 3.74. The summed E-state index contributed by atoms with van der Waals surface area (Å²) in [5.41, 5.74) is 0.166. The first-order valence-corrected chi connectivity index (χ1v) is 8.53. The van der Waals surface area contributed by atoms with Crippen LogP contribution >= 0.6 is 0 Å². The predicted molar refractivity (Wildman–Crippen MR) is 87.0 cm³/mol. The molecule has 1 amide bonds. The molecule has 0 aromatic carbocycles. The van der Waals surface area contributed by atoms with E-state index in [0.29, 0.717) is 50.2 Å². The van der Waals surface area contributed by atoms with Gasteiger partial charge in [0.05, 0.1) is 38.2 Å². The van der Waals surface area contributed by atoms with Gasteiger partial charge in [0.15, 0.2) is 0 Å². The number of carbonyl (C=O) groups excluding carboxylic acids is 1. The number of carbonyl (C=O) groups is 1. The summed E-state index contributed by atoms with van der Waals surface area (Å²) >= 11 is 0. The van der Waals surface area contributed by atoms with E-state index < -0.39 is 5.60 Å². The summed E-state index contributed by atoms with van der Waals surface area (Å²) in [5, 5.41) is 7.68. The third-order valence-corrected chi connectivity index (χ3v) is 4.95. The van der Waals surface area contributed by atoms with Crippen LogP contribution in [0.25, 0.3) is 0 Å². The largest absolute Gasteiger partial charge is 0.469 e. The van der Waals surface area contributed by atoms with Crippen LogP contribution in [0.1, 0.15) is 22.5 Å². The van der Waals surface area contributed by atoms with Gasteiger partial charge in [0.2, 0.25) is 0 Å². The van der Waals surface area contributed by atoms with Crippen LogP contribution in [0.5, 0.6) is 0 Å². The van der Waals surface area contributed by atoms with Crippen molar-refractivity contribution in [2.24, 2.45) is 5.92 Å². The molecule has 134 valence electrons. The highest BCUT2D eigenvalue weighted by Gasteiger charge is 2.44. The fourth-order valence-corrected chi connectivity index (χ4v) is 3.74. The highest BCUT2D eigenvalue weighted by Crippen LogP contribution is 2.34. The van der Waals surface area contributed by atoms with E-state index in [-0.39, 0.29) is 5.91 Å². The molecule has 25 heavy (non-hydrogen) atoms. The zero-order valence-corrected chi connectivity index (χ0v) is 14.3. The molecule has 1 spiro atoms. The van der Waals surface area contributed by atoms with Crippen molar-refractivity contribution in [1.82, 2.24) is 19.7 Å². The van der Waals surface area contributed by atoms with Crippen molar-refractivity contribution >= 4 is 5.91 Å². The van der Waals surface area contributed by atoms with Gasteiger partial charge in [-0.3, -0.25) is 4.79 Å². The van der Waals surface area contributed by atoms with Crippen LogP contribution in [0.2, 0.25) is 0 Å². The Hall–Kier alpha value is -2.19. The molecule has 8 heteroatoms. The Labute approximate surface area is 145 Å². The predicted octanol–water partition coefficient (Wildman–Crippen LogP) is 1.13. The van der Waals surface area contributed by atoms with E-state index in [0.717, 1.165) is 13.0 Å². The molecule has 0 radical (unpaired) electrons. The van der Waals surface area contributed by atoms with Crippen molar-refractivity contribution < 1.29 is 18.7 Å². The van der Waals surface area contributed by atoms with E-state index in [9.17, 15) is 4.79 Å². The van der Waals surface area contributed by atoms with Gasteiger partial charge in [-0.15, -0.1) is 10.2 Å². The van der Waals surface area contributed by atoms with Crippen LogP contribution in [-0.2, 0) is 16.0 Å². The van der Waals surface area contributed by atoms with Crippen molar-refractivity contribution in [2.75, 3.05) is 32.9 Å². The molecule has 2 aromatic rings. The Kier molecular flexibility index (Phi) is 4.30. The molecule has 2 aliphatic rings. The first kappa shape index (κ1) is 16.3. The highest BCUT2D eigenvalue weighted by molar-refractivity contribution is 5.95. The van der Waals surface area contributed by atoms with Gasteiger partial charge < -0.3 is 23.4 Å². The number of ether oxygens (including phenoxy) is 2. The molecule has 0 N–H and O–H groups in total. The maximum Gasteiger partial charge on any atom is 0.257 e. The second-order valence-corrected chi connectivity index (χ2v) is 6.89. The lowest BCUT2D eigenvalue weighted by Gasteiger charge is -2.31. The first-order valence-electron chi connectivity index (χ1n) is 8.53. The average Bonchev–Trinajstić information content (AvgIpc) is 3.30. The van der Waals surface area contributed by atoms with E-state index in [1.54, 1.807) is 31.9 Å². The van der Waals surface area contributed by atoms with Crippen molar-refractivity contribution in [3.8, 4) is 0 Å². The summed E-state index contributed by atoms with van der Waals surface area (Å²) in [6.45, 7) is 5.39. The number of furan rings is 1. The summed E-state index contributed by atoms with van der Waals surface area (Å²) < 4.78 is 19.2. The standard InChI is InChI=1S/C17H22N4O4/c1-13-15(2-4-24-13)16(22)21-3-5-23-10-17(9-21)6-14(8-25-17)7-20-11-18-19-12-20/h2,4,11-12,14H,3,5-10H2,1H3. The van der Waals surface area contributed by atoms with E-state index in [1.165, 1.54) is 0 Å². The van der Waals surface area contributed by atoms with E-state index in [4.69, 9.17) is 13.9 Å². The normalized spacial score (nSPS) is 26.9. The average molecular weight is 346 g/mol. The minimum absolute atomic E-state index is 0.0259. The maximum atomic E-state index is 12.8. The molecule has 0 bridgehead atoms. The van der Waals surface area contributed by atoms with Crippen LogP contribution in [0, 0.1) is 12.8 Å². The van der Waals surface area contributed by atoms with Gasteiger partial charge in [-0.25, -0.2) is 0 Å². The number of aromatic nitrogens is 3. The number of nitrogens with zero attached hydrogens (tertiary/aromatic N) is 4. The van der Waals surface area contributed by atoms with E-state index in [1.807, 2.05) is 9.47 Å². The molecule has 4 rings (SSSR count). The molecule has 8 nitrogen and oxygen atoms in total. The van der Waals surface area contributed by atoms with Gasteiger partial charge in [0.1, 0.15) is 24.0 Å². The first-order chi connectivity index (χ1) is 12.2. The number of rotatable bonds is 3. The summed E-state index contributed by atoms with van der Waals surface area (Å²) in [6.07, 6.45) is 5.82. The lowest BCUT2D eigenvalue weighted by Crippen LogP contribution is -2.46. The SMILES string of the molecule is Cc1occc1C(=O)N1CCOCC2(CC(Cn3cnnc3)CO2)C1. The molecule has 2 unspecified atom stereocenters. The quantitative estimate of drug-likeness (QED) is 0.828. The molecule has 4 heterocycles. The Bertz CT molecular complexity index is 729. The fraction of sp³-hybridized carbons (Fsp3) is 0.588. The lowest BCUT2D eigenvalue weighted by molar-refractivity contribution is -0.0539. The molecule has 2 saturated heterocycles. The molecular formula is C17H22N4O4. The Balaban J connectivity index is 1.46. The minimum atomic E-state index is -0.442. The molecule has 2 atom stereocenters. The molecule has 2 aliphatic heterocycles. The zero-order valence-electron chi connectivity index (χ0n) is 14.3. The Morgan fingerprint density at radius 3 is 3.00 bits per heavy atom.